The molecule has 1 amide bonds. The second-order valence-corrected chi connectivity index (χ2v) is 4.22. The van der Waals surface area contributed by atoms with Gasteiger partial charge in [-0.05, 0) is 25.0 Å². The van der Waals surface area contributed by atoms with Gasteiger partial charge in [-0.1, -0.05) is 23.2 Å². The van der Waals surface area contributed by atoms with E-state index in [1.807, 2.05) is 0 Å². The first-order chi connectivity index (χ1) is 7.18. The van der Waals surface area contributed by atoms with Crippen molar-refractivity contribution in [2.45, 2.75) is 12.8 Å². The lowest BCUT2D eigenvalue weighted by Gasteiger charge is -2.15. The summed E-state index contributed by atoms with van der Waals surface area (Å²) in [5.74, 6) is -0.0540. The summed E-state index contributed by atoms with van der Waals surface area (Å²) in [5, 5.41) is 0.484. The van der Waals surface area contributed by atoms with Crippen LogP contribution < -0.4 is 0 Å². The van der Waals surface area contributed by atoms with E-state index in [2.05, 4.69) is 4.98 Å². The maximum Gasteiger partial charge on any atom is 0.256 e. The normalized spacial score (nSPS) is 15.7. The van der Waals surface area contributed by atoms with Gasteiger partial charge in [0.2, 0.25) is 0 Å². The lowest BCUT2D eigenvalue weighted by Crippen LogP contribution is -2.27. The fourth-order valence-electron chi connectivity index (χ4n) is 1.66. The van der Waals surface area contributed by atoms with Crippen LogP contribution >= 0.6 is 23.2 Å². The molecule has 1 fully saturated rings. The number of rotatable bonds is 1. The van der Waals surface area contributed by atoms with Gasteiger partial charge < -0.3 is 4.90 Å². The molecule has 1 saturated heterocycles. The first-order valence-corrected chi connectivity index (χ1v) is 5.55. The predicted molar refractivity (Wildman–Crippen MR) is 59.4 cm³/mol. The molecule has 2 heterocycles. The molecule has 0 N–H and O–H groups in total. The molecule has 1 aromatic rings. The molecule has 0 atom stereocenters. The fourth-order valence-corrected chi connectivity index (χ4v) is 2.09. The van der Waals surface area contributed by atoms with E-state index in [9.17, 15) is 4.79 Å². The second kappa shape index (κ2) is 4.37. The molecule has 5 heteroatoms. The Kier molecular flexibility index (Phi) is 3.12. The summed E-state index contributed by atoms with van der Waals surface area (Å²) in [6.45, 7) is 1.61. The number of pyridine rings is 1. The van der Waals surface area contributed by atoms with Crippen molar-refractivity contribution in [1.82, 2.24) is 9.88 Å². The number of hydrogen-bond donors (Lipinski definition) is 0. The van der Waals surface area contributed by atoms with Crippen molar-refractivity contribution >= 4 is 29.1 Å². The number of halogens is 2. The van der Waals surface area contributed by atoms with Gasteiger partial charge in [0.1, 0.15) is 10.3 Å². The van der Waals surface area contributed by atoms with Gasteiger partial charge in [-0.25, -0.2) is 4.98 Å². The van der Waals surface area contributed by atoms with Gasteiger partial charge in [-0.2, -0.15) is 0 Å². The molecule has 2 rings (SSSR count). The van der Waals surface area contributed by atoms with Crippen molar-refractivity contribution in [3.05, 3.63) is 28.0 Å². The zero-order valence-corrected chi connectivity index (χ0v) is 9.55. The molecular weight excluding hydrogens is 235 g/mol. The Morgan fingerprint density at radius 3 is 2.53 bits per heavy atom. The maximum atomic E-state index is 11.9. The minimum atomic E-state index is -0.0540. The summed E-state index contributed by atoms with van der Waals surface area (Å²) >= 11 is 11.5. The van der Waals surface area contributed by atoms with E-state index in [0.717, 1.165) is 25.9 Å². The molecule has 80 valence electrons. The standard InChI is InChI=1S/C10H10Cl2N2O/c11-8-4-3-7(9(12)13-8)10(15)14-5-1-2-6-14/h3-4H,1-2,5-6H2. The van der Waals surface area contributed by atoms with Crippen LogP contribution in [0.2, 0.25) is 10.3 Å². The molecule has 0 aliphatic carbocycles. The van der Waals surface area contributed by atoms with Crippen LogP contribution in [0, 0.1) is 0 Å². The fraction of sp³-hybridized carbons (Fsp3) is 0.400. The summed E-state index contributed by atoms with van der Waals surface area (Å²) in [5.41, 5.74) is 0.433. The molecule has 0 saturated carbocycles. The summed E-state index contributed by atoms with van der Waals surface area (Å²) in [6.07, 6.45) is 2.12. The van der Waals surface area contributed by atoms with E-state index in [1.165, 1.54) is 0 Å². The highest BCUT2D eigenvalue weighted by Crippen LogP contribution is 2.20. The maximum absolute atomic E-state index is 11.9. The van der Waals surface area contributed by atoms with Crippen molar-refractivity contribution in [3.63, 3.8) is 0 Å². The summed E-state index contributed by atoms with van der Waals surface area (Å²) in [4.78, 5) is 17.6. The van der Waals surface area contributed by atoms with Crippen molar-refractivity contribution in [3.8, 4) is 0 Å². The monoisotopic (exact) mass is 244 g/mol. The van der Waals surface area contributed by atoms with Gasteiger partial charge in [-0.3, -0.25) is 4.79 Å². The molecule has 0 radical (unpaired) electrons. The number of aromatic nitrogens is 1. The molecule has 3 nitrogen and oxygen atoms in total. The minimum absolute atomic E-state index is 0.0540. The highest BCUT2D eigenvalue weighted by molar-refractivity contribution is 6.34. The highest BCUT2D eigenvalue weighted by Gasteiger charge is 2.21. The summed E-state index contributed by atoms with van der Waals surface area (Å²) in [6, 6.07) is 3.20. The van der Waals surface area contributed by atoms with Gasteiger partial charge >= 0.3 is 0 Å². The summed E-state index contributed by atoms with van der Waals surface area (Å²) < 4.78 is 0. The average Bonchev–Trinajstić information content (AvgIpc) is 2.69. The molecule has 0 bridgehead atoms. The summed E-state index contributed by atoms with van der Waals surface area (Å²) in [7, 11) is 0. The van der Waals surface area contributed by atoms with Crippen molar-refractivity contribution < 1.29 is 4.79 Å². The molecule has 0 spiro atoms. The highest BCUT2D eigenvalue weighted by atomic mass is 35.5. The third-order valence-electron chi connectivity index (χ3n) is 2.44. The van der Waals surface area contributed by atoms with Gasteiger partial charge in [0.15, 0.2) is 0 Å². The largest absolute Gasteiger partial charge is 0.339 e. The molecule has 15 heavy (non-hydrogen) atoms. The first-order valence-electron chi connectivity index (χ1n) is 4.80. The van der Waals surface area contributed by atoms with Crippen molar-refractivity contribution in [1.29, 1.82) is 0 Å². The third kappa shape index (κ3) is 2.24. The van der Waals surface area contributed by atoms with Crippen LogP contribution in [-0.2, 0) is 0 Å². The van der Waals surface area contributed by atoms with Crippen LogP contribution in [0.4, 0.5) is 0 Å². The molecule has 0 aromatic carbocycles. The topological polar surface area (TPSA) is 33.2 Å². The van der Waals surface area contributed by atoms with E-state index < -0.39 is 0 Å². The van der Waals surface area contributed by atoms with Gasteiger partial charge in [0.05, 0.1) is 5.56 Å². The molecule has 0 unspecified atom stereocenters. The molecular formula is C10H10Cl2N2O. The SMILES string of the molecule is O=C(c1ccc(Cl)nc1Cl)N1CCCC1. The zero-order valence-electron chi connectivity index (χ0n) is 8.04. The number of amides is 1. The quantitative estimate of drug-likeness (QED) is 0.712. The van der Waals surface area contributed by atoms with Gasteiger partial charge in [0.25, 0.3) is 5.91 Å². The minimum Gasteiger partial charge on any atom is -0.339 e. The number of hydrogen-bond acceptors (Lipinski definition) is 2. The van der Waals surface area contributed by atoms with E-state index in [-0.39, 0.29) is 11.1 Å². The van der Waals surface area contributed by atoms with Crippen LogP contribution in [0.15, 0.2) is 12.1 Å². The second-order valence-electron chi connectivity index (χ2n) is 3.47. The Morgan fingerprint density at radius 2 is 1.93 bits per heavy atom. The lowest BCUT2D eigenvalue weighted by molar-refractivity contribution is 0.0792. The molecule has 1 aliphatic rings. The van der Waals surface area contributed by atoms with E-state index in [4.69, 9.17) is 23.2 Å². The number of carbonyl (C=O) groups is 1. The van der Waals surface area contributed by atoms with Crippen LogP contribution in [0.25, 0.3) is 0 Å². The van der Waals surface area contributed by atoms with E-state index in [0.29, 0.717) is 10.7 Å². The Morgan fingerprint density at radius 1 is 1.27 bits per heavy atom. The average molecular weight is 245 g/mol. The van der Waals surface area contributed by atoms with Gasteiger partial charge in [0, 0.05) is 13.1 Å². The molecule has 1 aromatic heterocycles. The number of carbonyl (C=O) groups excluding carboxylic acids is 1. The smallest absolute Gasteiger partial charge is 0.256 e. The van der Waals surface area contributed by atoms with Crippen LogP contribution in [0.3, 0.4) is 0 Å². The number of nitrogens with zero attached hydrogens (tertiary/aromatic N) is 2. The first kappa shape index (κ1) is 10.7. The Balaban J connectivity index is 2.24. The van der Waals surface area contributed by atoms with Crippen molar-refractivity contribution in [2.75, 3.05) is 13.1 Å². The third-order valence-corrected chi connectivity index (χ3v) is 2.94. The molecule has 1 aliphatic heterocycles. The number of likely N-dealkylation sites (tertiary alicyclic amines) is 1. The van der Waals surface area contributed by atoms with Crippen molar-refractivity contribution in [2.24, 2.45) is 0 Å². The van der Waals surface area contributed by atoms with Crippen LogP contribution in [0.1, 0.15) is 23.2 Å². The van der Waals surface area contributed by atoms with Gasteiger partial charge in [-0.15, -0.1) is 0 Å². The predicted octanol–water partition coefficient (Wildman–Crippen LogP) is 2.62. The van der Waals surface area contributed by atoms with Crippen LogP contribution in [-0.4, -0.2) is 28.9 Å². The van der Waals surface area contributed by atoms with E-state index >= 15 is 0 Å². The van der Waals surface area contributed by atoms with E-state index in [1.54, 1.807) is 17.0 Å². The van der Waals surface area contributed by atoms with Crippen LogP contribution in [0.5, 0.6) is 0 Å². The Labute approximate surface area is 98.0 Å². The Bertz CT molecular complexity index is 389. The lowest BCUT2D eigenvalue weighted by atomic mass is 10.2. The zero-order chi connectivity index (χ0) is 10.8. The Hall–Kier alpha value is -0.800.